The third kappa shape index (κ3) is 7.84. The van der Waals surface area contributed by atoms with Gasteiger partial charge in [0, 0.05) is 17.3 Å². The van der Waals surface area contributed by atoms with E-state index in [0.717, 1.165) is 44.1 Å². The van der Waals surface area contributed by atoms with Crippen molar-refractivity contribution in [2.45, 2.75) is 32.3 Å². The molecule has 0 radical (unpaired) electrons. The number of methoxy groups -OCH3 is 1. The highest BCUT2D eigenvalue weighted by Gasteiger charge is 2.18. The van der Waals surface area contributed by atoms with E-state index in [2.05, 4.69) is 65.8 Å². The Morgan fingerprint density at radius 1 is 0.941 bits per heavy atom. The fourth-order valence-corrected chi connectivity index (χ4v) is 4.90. The summed E-state index contributed by atoms with van der Waals surface area (Å²) in [4.78, 5) is 3.70. The summed E-state index contributed by atoms with van der Waals surface area (Å²) in [5, 5.41) is 15.7. The summed E-state index contributed by atoms with van der Waals surface area (Å²) in [6.07, 6.45) is 0.544. The number of hydrogen-bond donors (Lipinski definition) is 2. The first-order valence-electron chi connectivity index (χ1n) is 12.2. The minimum absolute atomic E-state index is 0.158. The zero-order chi connectivity index (χ0) is 24.2. The number of rotatable bonds is 15. The molecule has 0 fully saturated rings. The summed E-state index contributed by atoms with van der Waals surface area (Å²) < 4.78 is 11.2. The Morgan fingerprint density at radius 2 is 1.59 bits per heavy atom. The fraction of sp³-hybridized carbons (Fsp3) is 0.429. The maximum Gasteiger partial charge on any atom is 0.119 e. The van der Waals surface area contributed by atoms with Gasteiger partial charge in [-0.1, -0.05) is 44.2 Å². The minimum Gasteiger partial charge on any atom is -0.497 e. The first-order chi connectivity index (χ1) is 16.6. The third-order valence-corrected chi connectivity index (χ3v) is 6.97. The van der Waals surface area contributed by atoms with E-state index >= 15 is 0 Å². The molecule has 2 atom stereocenters. The van der Waals surface area contributed by atoms with Gasteiger partial charge in [0.2, 0.25) is 0 Å². The predicted molar refractivity (Wildman–Crippen MR) is 141 cm³/mol. The zero-order valence-electron chi connectivity index (χ0n) is 20.6. The zero-order valence-corrected chi connectivity index (χ0v) is 21.4. The van der Waals surface area contributed by atoms with Crippen LogP contribution in [0.4, 0.5) is 0 Å². The smallest absolute Gasteiger partial charge is 0.119 e. The van der Waals surface area contributed by atoms with E-state index in [-0.39, 0.29) is 12.5 Å². The first-order valence-corrected chi connectivity index (χ1v) is 13.0. The maximum atomic E-state index is 10.3. The van der Waals surface area contributed by atoms with Gasteiger partial charge in [0.25, 0.3) is 0 Å². The van der Waals surface area contributed by atoms with Crippen molar-refractivity contribution in [3.8, 4) is 11.5 Å². The van der Waals surface area contributed by atoms with Gasteiger partial charge in [-0.2, -0.15) is 0 Å². The van der Waals surface area contributed by atoms with E-state index in [1.807, 2.05) is 24.3 Å². The van der Waals surface area contributed by atoms with Gasteiger partial charge in [0.15, 0.2) is 0 Å². The molecule has 3 rings (SSSR count). The van der Waals surface area contributed by atoms with E-state index in [9.17, 15) is 5.11 Å². The Balaban J connectivity index is 1.51. The largest absolute Gasteiger partial charge is 0.497 e. The molecule has 0 saturated carbocycles. The van der Waals surface area contributed by atoms with Crippen molar-refractivity contribution in [1.82, 2.24) is 10.2 Å². The summed E-state index contributed by atoms with van der Waals surface area (Å²) in [6, 6.07) is 20.7. The van der Waals surface area contributed by atoms with Crippen LogP contribution in [-0.2, 0) is 0 Å². The molecule has 2 N–H and O–H groups in total. The van der Waals surface area contributed by atoms with Crippen molar-refractivity contribution < 1.29 is 14.6 Å². The number of nitrogens with zero attached hydrogens (tertiary/aromatic N) is 1. The lowest BCUT2D eigenvalue weighted by atomic mass is 9.90. The van der Waals surface area contributed by atoms with Crippen LogP contribution in [0, 0.1) is 0 Å². The molecule has 1 aromatic heterocycles. The van der Waals surface area contributed by atoms with E-state index < -0.39 is 6.10 Å². The molecule has 0 amide bonds. The van der Waals surface area contributed by atoms with Crippen molar-refractivity contribution in [3.63, 3.8) is 0 Å². The number of nitrogens with one attached hydrogen (secondary N) is 1. The summed E-state index contributed by atoms with van der Waals surface area (Å²) in [6.45, 7) is 9.33. The average Bonchev–Trinajstić information content (AvgIpc) is 3.41. The topological polar surface area (TPSA) is 54.0 Å². The van der Waals surface area contributed by atoms with Crippen LogP contribution < -0.4 is 14.8 Å². The van der Waals surface area contributed by atoms with E-state index in [1.54, 1.807) is 18.4 Å². The van der Waals surface area contributed by atoms with Gasteiger partial charge < -0.3 is 24.8 Å². The minimum atomic E-state index is -0.536. The van der Waals surface area contributed by atoms with Gasteiger partial charge in [-0.25, -0.2) is 0 Å². The van der Waals surface area contributed by atoms with Crippen LogP contribution in [0.5, 0.6) is 11.5 Å². The molecule has 6 heteroatoms. The van der Waals surface area contributed by atoms with Gasteiger partial charge in [0.05, 0.1) is 7.11 Å². The van der Waals surface area contributed by atoms with Gasteiger partial charge in [-0.05, 0) is 79.4 Å². The average molecular weight is 483 g/mol. The summed E-state index contributed by atoms with van der Waals surface area (Å²) in [5.41, 5.74) is 2.43. The van der Waals surface area contributed by atoms with Crippen molar-refractivity contribution in [2.24, 2.45) is 0 Å². The van der Waals surface area contributed by atoms with Crippen LogP contribution in [0.3, 0.4) is 0 Å². The molecule has 0 spiro atoms. The molecule has 184 valence electrons. The Kier molecular flexibility index (Phi) is 10.9. The molecule has 2 unspecified atom stereocenters. The van der Waals surface area contributed by atoms with Gasteiger partial charge >= 0.3 is 0 Å². The standard InChI is InChI=1S/C28H38N2O3S/c1-4-30(5-2)18-7-17-29-20-24(31)21-33-26-15-11-23(12-16-26)28(27-8-6-19-34-27)22-9-13-25(32-3)14-10-22/h6,8-16,19,24,28-29,31H,4-5,7,17-18,20-21H2,1-3H3. The lowest BCUT2D eigenvalue weighted by molar-refractivity contribution is 0.106. The highest BCUT2D eigenvalue weighted by Crippen LogP contribution is 2.36. The lowest BCUT2D eigenvalue weighted by Gasteiger charge is -2.19. The predicted octanol–water partition coefficient (Wildman–Crippen LogP) is 5.00. The van der Waals surface area contributed by atoms with Gasteiger partial charge in [-0.3, -0.25) is 0 Å². The number of aliphatic hydroxyl groups excluding tert-OH is 1. The SMILES string of the molecule is CCN(CC)CCCNCC(O)COc1ccc(C(c2ccc(OC)cc2)c2cccs2)cc1. The highest BCUT2D eigenvalue weighted by molar-refractivity contribution is 7.10. The van der Waals surface area contributed by atoms with Crippen LogP contribution in [-0.4, -0.2) is 62.6 Å². The van der Waals surface area contributed by atoms with Gasteiger partial charge in [0.1, 0.15) is 24.2 Å². The van der Waals surface area contributed by atoms with Crippen molar-refractivity contribution in [2.75, 3.05) is 46.4 Å². The molecule has 0 aliphatic heterocycles. The van der Waals surface area contributed by atoms with E-state index in [4.69, 9.17) is 9.47 Å². The Hall–Kier alpha value is -2.38. The third-order valence-electron chi connectivity index (χ3n) is 6.03. The fourth-order valence-electron chi connectivity index (χ4n) is 4.02. The van der Waals surface area contributed by atoms with Crippen LogP contribution in [0.15, 0.2) is 66.0 Å². The second-order valence-corrected chi connectivity index (χ2v) is 9.32. The molecule has 1 heterocycles. The first kappa shape index (κ1) is 26.2. The monoisotopic (exact) mass is 482 g/mol. The molecule has 5 nitrogen and oxygen atoms in total. The molecule has 34 heavy (non-hydrogen) atoms. The molecule has 0 aliphatic rings. The van der Waals surface area contributed by atoms with E-state index in [0.29, 0.717) is 6.54 Å². The Labute approximate surface area is 208 Å². The van der Waals surface area contributed by atoms with Crippen molar-refractivity contribution >= 4 is 11.3 Å². The molecule has 0 saturated heterocycles. The number of ether oxygens (including phenoxy) is 2. The quantitative estimate of drug-likeness (QED) is 0.299. The van der Waals surface area contributed by atoms with Crippen molar-refractivity contribution in [3.05, 3.63) is 82.0 Å². The van der Waals surface area contributed by atoms with Crippen LogP contribution in [0.1, 0.15) is 42.2 Å². The molecule has 2 aromatic carbocycles. The van der Waals surface area contributed by atoms with E-state index in [1.165, 1.54) is 16.0 Å². The second-order valence-electron chi connectivity index (χ2n) is 8.34. The van der Waals surface area contributed by atoms with Crippen LogP contribution in [0.25, 0.3) is 0 Å². The number of aliphatic hydroxyl groups is 1. The Bertz CT molecular complexity index is 925. The molecule has 3 aromatic rings. The Morgan fingerprint density at radius 3 is 2.15 bits per heavy atom. The number of thiophene rings is 1. The second kappa shape index (κ2) is 14.1. The van der Waals surface area contributed by atoms with Gasteiger partial charge in [-0.15, -0.1) is 11.3 Å². The summed E-state index contributed by atoms with van der Waals surface area (Å²) in [5.74, 6) is 1.78. The summed E-state index contributed by atoms with van der Waals surface area (Å²) >= 11 is 1.76. The molecular formula is C28H38N2O3S. The maximum absolute atomic E-state index is 10.3. The summed E-state index contributed by atoms with van der Waals surface area (Å²) in [7, 11) is 1.69. The normalized spacial score (nSPS) is 13.1. The molecular weight excluding hydrogens is 444 g/mol. The molecule has 0 bridgehead atoms. The van der Waals surface area contributed by atoms with Crippen LogP contribution >= 0.6 is 11.3 Å². The van der Waals surface area contributed by atoms with Crippen LogP contribution in [0.2, 0.25) is 0 Å². The highest BCUT2D eigenvalue weighted by atomic mass is 32.1. The lowest BCUT2D eigenvalue weighted by Crippen LogP contribution is -2.33. The van der Waals surface area contributed by atoms with Crippen molar-refractivity contribution in [1.29, 1.82) is 0 Å². The number of hydrogen-bond acceptors (Lipinski definition) is 6. The number of benzene rings is 2. The molecule has 0 aliphatic carbocycles.